The van der Waals surface area contributed by atoms with Crippen molar-refractivity contribution in [2.75, 3.05) is 19.0 Å². The van der Waals surface area contributed by atoms with Crippen molar-refractivity contribution >= 4 is 11.6 Å². The van der Waals surface area contributed by atoms with Crippen molar-refractivity contribution in [3.05, 3.63) is 48.5 Å². The van der Waals surface area contributed by atoms with Gasteiger partial charge in [0.2, 0.25) is 0 Å². The van der Waals surface area contributed by atoms with Crippen LogP contribution >= 0.6 is 0 Å². The number of benzene rings is 2. The number of carbonyl (C=O) groups is 1. The number of amides is 1. The van der Waals surface area contributed by atoms with E-state index in [9.17, 15) is 4.79 Å². The molecule has 2 rings (SSSR count). The number of para-hydroxylation sites is 2. The molecule has 5 heteroatoms. The van der Waals surface area contributed by atoms with Crippen molar-refractivity contribution in [3.8, 4) is 17.2 Å². The van der Waals surface area contributed by atoms with Crippen LogP contribution < -0.4 is 19.5 Å². The summed E-state index contributed by atoms with van der Waals surface area (Å²) in [6, 6.07) is 14.4. The molecule has 0 unspecified atom stereocenters. The summed E-state index contributed by atoms with van der Waals surface area (Å²) >= 11 is 0. The molecular weight excluding hydrogens is 294 g/mol. The standard InChI is InChI=1S/C18H21NO4/c1-4-22-17-11-6-5-10-16(17)19-18(20)13(2)23-15-9-7-8-14(12-15)21-3/h5-13H,4H2,1-3H3,(H,19,20)/t13-/m0/s1. The van der Waals surface area contributed by atoms with Gasteiger partial charge < -0.3 is 19.5 Å². The van der Waals surface area contributed by atoms with Crippen molar-refractivity contribution < 1.29 is 19.0 Å². The summed E-state index contributed by atoms with van der Waals surface area (Å²) in [5, 5.41) is 2.82. The summed E-state index contributed by atoms with van der Waals surface area (Å²) in [6.07, 6.45) is -0.656. The van der Waals surface area contributed by atoms with E-state index in [2.05, 4.69) is 5.32 Å². The highest BCUT2D eigenvalue weighted by Crippen LogP contribution is 2.24. The Kier molecular flexibility index (Phi) is 5.86. The number of carbonyl (C=O) groups excluding carboxylic acids is 1. The Labute approximate surface area is 136 Å². The average molecular weight is 315 g/mol. The van der Waals surface area contributed by atoms with E-state index in [4.69, 9.17) is 14.2 Å². The molecule has 0 saturated carbocycles. The average Bonchev–Trinajstić information content (AvgIpc) is 2.57. The first-order valence-electron chi connectivity index (χ1n) is 7.47. The molecule has 0 aliphatic carbocycles. The predicted octanol–water partition coefficient (Wildman–Crippen LogP) is 3.50. The lowest BCUT2D eigenvalue weighted by Gasteiger charge is -2.16. The first-order valence-corrected chi connectivity index (χ1v) is 7.47. The Hall–Kier alpha value is -2.69. The van der Waals surface area contributed by atoms with E-state index in [-0.39, 0.29) is 5.91 Å². The Balaban J connectivity index is 2.02. The molecule has 0 radical (unpaired) electrons. The molecule has 0 bridgehead atoms. The zero-order valence-corrected chi connectivity index (χ0v) is 13.5. The van der Waals surface area contributed by atoms with Crippen LogP contribution in [0.3, 0.4) is 0 Å². The van der Waals surface area contributed by atoms with Crippen molar-refractivity contribution in [2.24, 2.45) is 0 Å². The first kappa shape index (κ1) is 16.7. The summed E-state index contributed by atoms with van der Waals surface area (Å²) < 4.78 is 16.3. The van der Waals surface area contributed by atoms with Gasteiger partial charge in [0.15, 0.2) is 6.10 Å². The predicted molar refractivity (Wildman–Crippen MR) is 89.3 cm³/mol. The van der Waals surface area contributed by atoms with Gasteiger partial charge in [0.25, 0.3) is 5.91 Å². The quantitative estimate of drug-likeness (QED) is 0.849. The SMILES string of the molecule is CCOc1ccccc1NC(=O)[C@H](C)Oc1cccc(OC)c1. The molecule has 1 atom stereocenters. The molecule has 2 aromatic carbocycles. The Morgan fingerprint density at radius 2 is 1.87 bits per heavy atom. The monoisotopic (exact) mass is 315 g/mol. The fraction of sp³-hybridized carbons (Fsp3) is 0.278. The summed E-state index contributed by atoms with van der Waals surface area (Å²) in [7, 11) is 1.58. The summed E-state index contributed by atoms with van der Waals surface area (Å²) in [4.78, 5) is 12.3. The van der Waals surface area contributed by atoms with Crippen LogP contribution in [0.15, 0.2) is 48.5 Å². The van der Waals surface area contributed by atoms with Crippen molar-refractivity contribution in [3.63, 3.8) is 0 Å². The van der Waals surface area contributed by atoms with Crippen LogP contribution in [0.4, 0.5) is 5.69 Å². The maximum atomic E-state index is 12.3. The topological polar surface area (TPSA) is 56.8 Å². The molecule has 23 heavy (non-hydrogen) atoms. The minimum Gasteiger partial charge on any atom is -0.497 e. The zero-order valence-electron chi connectivity index (χ0n) is 13.5. The van der Waals surface area contributed by atoms with Crippen LogP contribution in [0.5, 0.6) is 17.2 Å². The van der Waals surface area contributed by atoms with Gasteiger partial charge in [-0.3, -0.25) is 4.79 Å². The molecule has 0 heterocycles. The van der Waals surface area contributed by atoms with Crippen molar-refractivity contribution in [1.82, 2.24) is 0 Å². The largest absolute Gasteiger partial charge is 0.497 e. The smallest absolute Gasteiger partial charge is 0.265 e. The molecule has 0 aliphatic rings. The minimum absolute atomic E-state index is 0.250. The fourth-order valence-electron chi connectivity index (χ4n) is 2.02. The lowest BCUT2D eigenvalue weighted by molar-refractivity contribution is -0.122. The summed E-state index contributed by atoms with van der Waals surface area (Å²) in [5.74, 6) is 1.64. The van der Waals surface area contributed by atoms with E-state index in [0.29, 0.717) is 29.5 Å². The molecular formula is C18H21NO4. The number of hydrogen-bond acceptors (Lipinski definition) is 4. The molecule has 0 fully saturated rings. The molecule has 2 aromatic rings. The third kappa shape index (κ3) is 4.64. The van der Waals surface area contributed by atoms with Gasteiger partial charge in [0.1, 0.15) is 17.2 Å². The molecule has 0 aromatic heterocycles. The van der Waals surface area contributed by atoms with E-state index in [0.717, 1.165) is 0 Å². The van der Waals surface area contributed by atoms with Gasteiger partial charge in [-0.2, -0.15) is 0 Å². The van der Waals surface area contributed by atoms with E-state index >= 15 is 0 Å². The molecule has 0 spiro atoms. The van der Waals surface area contributed by atoms with Crippen molar-refractivity contribution in [1.29, 1.82) is 0 Å². The molecule has 5 nitrogen and oxygen atoms in total. The van der Waals surface area contributed by atoms with Gasteiger partial charge in [-0.25, -0.2) is 0 Å². The lowest BCUT2D eigenvalue weighted by atomic mass is 10.2. The van der Waals surface area contributed by atoms with Gasteiger partial charge in [0.05, 0.1) is 19.4 Å². The highest BCUT2D eigenvalue weighted by Gasteiger charge is 2.16. The number of ether oxygens (including phenoxy) is 3. The number of hydrogen-bond donors (Lipinski definition) is 1. The third-order valence-corrected chi connectivity index (χ3v) is 3.17. The van der Waals surface area contributed by atoms with E-state index in [1.807, 2.05) is 37.3 Å². The van der Waals surface area contributed by atoms with Gasteiger partial charge in [-0.15, -0.1) is 0 Å². The van der Waals surface area contributed by atoms with Crippen LogP contribution in [0, 0.1) is 0 Å². The van der Waals surface area contributed by atoms with Gasteiger partial charge in [0, 0.05) is 6.07 Å². The van der Waals surface area contributed by atoms with Crippen LogP contribution in [-0.2, 0) is 4.79 Å². The highest BCUT2D eigenvalue weighted by molar-refractivity contribution is 5.95. The second-order valence-corrected chi connectivity index (χ2v) is 4.86. The van der Waals surface area contributed by atoms with E-state index < -0.39 is 6.10 Å². The van der Waals surface area contributed by atoms with Gasteiger partial charge in [-0.1, -0.05) is 18.2 Å². The molecule has 1 N–H and O–H groups in total. The number of rotatable bonds is 7. The third-order valence-electron chi connectivity index (χ3n) is 3.17. The number of anilines is 1. The second kappa shape index (κ2) is 8.08. The molecule has 122 valence electrons. The zero-order chi connectivity index (χ0) is 16.7. The summed E-state index contributed by atoms with van der Waals surface area (Å²) in [5.41, 5.74) is 0.625. The Morgan fingerprint density at radius 1 is 1.13 bits per heavy atom. The minimum atomic E-state index is -0.656. The fourth-order valence-corrected chi connectivity index (χ4v) is 2.02. The van der Waals surface area contributed by atoms with Crippen molar-refractivity contribution in [2.45, 2.75) is 20.0 Å². The second-order valence-electron chi connectivity index (χ2n) is 4.86. The maximum absolute atomic E-state index is 12.3. The summed E-state index contributed by atoms with van der Waals surface area (Å²) in [6.45, 7) is 4.12. The van der Waals surface area contributed by atoms with Crippen LogP contribution in [0.25, 0.3) is 0 Å². The number of methoxy groups -OCH3 is 1. The van der Waals surface area contributed by atoms with E-state index in [1.165, 1.54) is 0 Å². The maximum Gasteiger partial charge on any atom is 0.265 e. The normalized spacial score (nSPS) is 11.4. The number of nitrogens with one attached hydrogen (secondary N) is 1. The van der Waals surface area contributed by atoms with Crippen LogP contribution in [-0.4, -0.2) is 25.7 Å². The molecule has 0 saturated heterocycles. The van der Waals surface area contributed by atoms with Gasteiger partial charge >= 0.3 is 0 Å². The Morgan fingerprint density at radius 3 is 2.61 bits per heavy atom. The van der Waals surface area contributed by atoms with E-state index in [1.54, 1.807) is 32.2 Å². The Bertz CT molecular complexity index is 657. The molecule has 0 aliphatic heterocycles. The van der Waals surface area contributed by atoms with Crippen LogP contribution in [0.2, 0.25) is 0 Å². The highest BCUT2D eigenvalue weighted by atomic mass is 16.5. The van der Waals surface area contributed by atoms with Gasteiger partial charge in [-0.05, 0) is 38.1 Å². The lowest BCUT2D eigenvalue weighted by Crippen LogP contribution is -2.30. The first-order chi connectivity index (χ1) is 11.1. The molecule has 1 amide bonds. The van der Waals surface area contributed by atoms with Crippen LogP contribution in [0.1, 0.15) is 13.8 Å².